The minimum absolute atomic E-state index is 0.350. The SMILES string of the molecule is CC[C@H](O)c1ccccc1N1CCCC1CN(C)C. The highest BCUT2D eigenvalue weighted by atomic mass is 16.3. The Morgan fingerprint density at radius 1 is 1.37 bits per heavy atom. The monoisotopic (exact) mass is 262 g/mol. The smallest absolute Gasteiger partial charge is 0.0807 e. The van der Waals surface area contributed by atoms with Crippen LogP contribution < -0.4 is 4.90 Å². The first-order valence-electron chi connectivity index (χ1n) is 7.31. The topological polar surface area (TPSA) is 26.7 Å². The van der Waals surface area contributed by atoms with E-state index in [0.717, 1.165) is 25.1 Å². The van der Waals surface area contributed by atoms with Crippen LogP contribution in [0.1, 0.15) is 37.9 Å². The van der Waals surface area contributed by atoms with Gasteiger partial charge in [-0.1, -0.05) is 25.1 Å². The highest BCUT2D eigenvalue weighted by molar-refractivity contribution is 5.56. The quantitative estimate of drug-likeness (QED) is 0.884. The number of nitrogens with zero attached hydrogens (tertiary/aromatic N) is 2. The summed E-state index contributed by atoms with van der Waals surface area (Å²) in [7, 11) is 4.26. The normalized spacial score (nSPS) is 21.1. The molecule has 1 heterocycles. The number of likely N-dealkylation sites (N-methyl/N-ethyl adjacent to an activating group) is 1. The number of hydrogen-bond donors (Lipinski definition) is 1. The molecule has 3 heteroatoms. The van der Waals surface area contributed by atoms with Crippen LogP contribution >= 0.6 is 0 Å². The Kier molecular flexibility index (Phi) is 4.83. The van der Waals surface area contributed by atoms with Crippen LogP contribution in [-0.2, 0) is 0 Å². The van der Waals surface area contributed by atoms with Crippen molar-refractivity contribution in [2.75, 3.05) is 32.1 Å². The summed E-state index contributed by atoms with van der Waals surface area (Å²) >= 11 is 0. The molecule has 1 unspecified atom stereocenters. The third-order valence-corrected chi connectivity index (χ3v) is 3.94. The Balaban J connectivity index is 2.25. The second kappa shape index (κ2) is 6.40. The minimum Gasteiger partial charge on any atom is -0.388 e. The van der Waals surface area contributed by atoms with Gasteiger partial charge in [-0.15, -0.1) is 0 Å². The Morgan fingerprint density at radius 3 is 2.79 bits per heavy atom. The Hall–Kier alpha value is -1.06. The number of rotatable bonds is 5. The Bertz CT molecular complexity index is 405. The van der Waals surface area contributed by atoms with Crippen LogP contribution in [0.2, 0.25) is 0 Å². The van der Waals surface area contributed by atoms with E-state index >= 15 is 0 Å². The fraction of sp³-hybridized carbons (Fsp3) is 0.625. The van der Waals surface area contributed by atoms with Crippen molar-refractivity contribution in [1.29, 1.82) is 0 Å². The summed E-state index contributed by atoms with van der Waals surface area (Å²) in [6.07, 6.45) is 2.91. The van der Waals surface area contributed by atoms with Crippen molar-refractivity contribution < 1.29 is 5.11 Å². The van der Waals surface area contributed by atoms with Gasteiger partial charge in [-0.2, -0.15) is 0 Å². The third kappa shape index (κ3) is 3.28. The predicted molar refractivity (Wildman–Crippen MR) is 80.6 cm³/mol. The maximum atomic E-state index is 10.2. The van der Waals surface area contributed by atoms with Crippen molar-refractivity contribution >= 4 is 5.69 Å². The third-order valence-electron chi connectivity index (χ3n) is 3.94. The molecule has 0 bridgehead atoms. The van der Waals surface area contributed by atoms with E-state index in [0.29, 0.717) is 6.04 Å². The molecule has 1 aliphatic rings. The molecule has 0 amide bonds. The molecule has 1 N–H and O–H groups in total. The first-order valence-corrected chi connectivity index (χ1v) is 7.31. The van der Waals surface area contributed by atoms with E-state index in [2.05, 4.69) is 42.1 Å². The molecule has 0 radical (unpaired) electrons. The van der Waals surface area contributed by atoms with Crippen LogP contribution in [0.5, 0.6) is 0 Å². The van der Waals surface area contributed by atoms with Crippen molar-refractivity contribution in [3.63, 3.8) is 0 Å². The molecule has 0 spiro atoms. The van der Waals surface area contributed by atoms with E-state index < -0.39 is 0 Å². The molecule has 0 aromatic heterocycles. The lowest BCUT2D eigenvalue weighted by Crippen LogP contribution is -2.38. The lowest BCUT2D eigenvalue weighted by molar-refractivity contribution is 0.174. The summed E-state index contributed by atoms with van der Waals surface area (Å²) in [6.45, 7) is 4.21. The Labute approximate surface area is 116 Å². The van der Waals surface area contributed by atoms with Gasteiger partial charge in [0.2, 0.25) is 0 Å². The van der Waals surface area contributed by atoms with Gasteiger partial charge in [0.25, 0.3) is 0 Å². The van der Waals surface area contributed by atoms with Gasteiger partial charge in [-0.05, 0) is 39.4 Å². The van der Waals surface area contributed by atoms with Crippen molar-refractivity contribution in [3.8, 4) is 0 Å². The maximum Gasteiger partial charge on any atom is 0.0807 e. The lowest BCUT2D eigenvalue weighted by atomic mass is 10.0. The van der Waals surface area contributed by atoms with Gasteiger partial charge in [0.15, 0.2) is 0 Å². The molecule has 106 valence electrons. The van der Waals surface area contributed by atoms with Gasteiger partial charge >= 0.3 is 0 Å². The molecule has 0 aliphatic carbocycles. The fourth-order valence-electron chi connectivity index (χ4n) is 3.01. The van der Waals surface area contributed by atoms with Crippen LogP contribution in [-0.4, -0.2) is 43.2 Å². The molecule has 1 aromatic rings. The second-order valence-electron chi connectivity index (χ2n) is 5.73. The average Bonchev–Trinajstić information content (AvgIpc) is 2.85. The van der Waals surface area contributed by atoms with E-state index in [-0.39, 0.29) is 6.10 Å². The molecule has 2 rings (SSSR count). The molecule has 3 nitrogen and oxygen atoms in total. The Morgan fingerprint density at radius 2 is 2.11 bits per heavy atom. The average molecular weight is 262 g/mol. The molecule has 1 saturated heterocycles. The molecule has 0 saturated carbocycles. The molecular weight excluding hydrogens is 236 g/mol. The summed E-state index contributed by atoms with van der Waals surface area (Å²) in [5.41, 5.74) is 2.30. The van der Waals surface area contributed by atoms with Gasteiger partial charge in [0, 0.05) is 30.4 Å². The second-order valence-corrected chi connectivity index (χ2v) is 5.73. The van der Waals surface area contributed by atoms with E-state index in [1.54, 1.807) is 0 Å². The van der Waals surface area contributed by atoms with E-state index in [1.807, 2.05) is 13.0 Å². The molecule has 1 fully saturated rings. The highest BCUT2D eigenvalue weighted by Gasteiger charge is 2.27. The van der Waals surface area contributed by atoms with E-state index in [9.17, 15) is 5.11 Å². The van der Waals surface area contributed by atoms with Crippen LogP contribution in [0.15, 0.2) is 24.3 Å². The fourth-order valence-corrected chi connectivity index (χ4v) is 3.01. The zero-order chi connectivity index (χ0) is 13.8. The van der Waals surface area contributed by atoms with Crippen molar-refractivity contribution in [2.24, 2.45) is 0 Å². The van der Waals surface area contributed by atoms with Gasteiger partial charge in [0.1, 0.15) is 0 Å². The van der Waals surface area contributed by atoms with E-state index in [1.165, 1.54) is 18.5 Å². The standard InChI is InChI=1S/C16H26N2O/c1-4-16(19)14-9-5-6-10-15(14)18-11-7-8-13(18)12-17(2)3/h5-6,9-10,13,16,19H,4,7-8,11-12H2,1-3H3/t13?,16-/m0/s1. The van der Waals surface area contributed by atoms with Crippen molar-refractivity contribution in [3.05, 3.63) is 29.8 Å². The number of aliphatic hydroxyl groups excluding tert-OH is 1. The van der Waals surface area contributed by atoms with Crippen LogP contribution in [0, 0.1) is 0 Å². The first kappa shape index (κ1) is 14.4. The van der Waals surface area contributed by atoms with Crippen LogP contribution in [0.3, 0.4) is 0 Å². The van der Waals surface area contributed by atoms with Gasteiger partial charge in [-0.3, -0.25) is 0 Å². The predicted octanol–water partition coefficient (Wildman–Crippen LogP) is 2.66. The minimum atomic E-state index is -0.350. The zero-order valence-electron chi connectivity index (χ0n) is 12.3. The summed E-state index contributed by atoms with van der Waals surface area (Å²) < 4.78 is 0. The van der Waals surface area contributed by atoms with Crippen LogP contribution in [0.4, 0.5) is 5.69 Å². The van der Waals surface area contributed by atoms with E-state index in [4.69, 9.17) is 0 Å². The summed E-state index contributed by atoms with van der Waals surface area (Å²) in [4.78, 5) is 4.73. The summed E-state index contributed by atoms with van der Waals surface area (Å²) in [5.74, 6) is 0. The molecule has 2 atom stereocenters. The zero-order valence-corrected chi connectivity index (χ0v) is 12.3. The van der Waals surface area contributed by atoms with Gasteiger partial charge in [0.05, 0.1) is 6.10 Å². The van der Waals surface area contributed by atoms with Crippen LogP contribution in [0.25, 0.3) is 0 Å². The number of para-hydroxylation sites is 1. The van der Waals surface area contributed by atoms with Gasteiger partial charge in [-0.25, -0.2) is 0 Å². The molecule has 1 aromatic carbocycles. The summed E-state index contributed by atoms with van der Waals surface area (Å²) in [5, 5.41) is 10.2. The molecular formula is C16H26N2O. The first-order chi connectivity index (χ1) is 9.13. The number of hydrogen-bond acceptors (Lipinski definition) is 3. The van der Waals surface area contributed by atoms with Crippen molar-refractivity contribution in [2.45, 2.75) is 38.3 Å². The number of anilines is 1. The number of aliphatic hydroxyl groups is 1. The number of benzene rings is 1. The highest BCUT2D eigenvalue weighted by Crippen LogP contribution is 2.33. The van der Waals surface area contributed by atoms with Gasteiger partial charge < -0.3 is 14.9 Å². The summed E-state index contributed by atoms with van der Waals surface area (Å²) in [6, 6.07) is 8.89. The van der Waals surface area contributed by atoms with Crippen molar-refractivity contribution in [1.82, 2.24) is 4.90 Å². The molecule has 1 aliphatic heterocycles. The lowest BCUT2D eigenvalue weighted by Gasteiger charge is -2.31. The molecule has 19 heavy (non-hydrogen) atoms. The largest absolute Gasteiger partial charge is 0.388 e. The maximum absolute atomic E-state index is 10.2.